The van der Waals surface area contributed by atoms with Crippen LogP contribution in [-0.4, -0.2) is 42.8 Å². The zero-order valence-corrected chi connectivity index (χ0v) is 11.8. The first kappa shape index (κ1) is 14.8. The summed E-state index contributed by atoms with van der Waals surface area (Å²) in [6.07, 6.45) is 3.13. The highest BCUT2D eigenvalue weighted by Crippen LogP contribution is 2.06. The third-order valence-corrected chi connectivity index (χ3v) is 3.02. The minimum Gasteiger partial charge on any atom is -0.480 e. The summed E-state index contributed by atoms with van der Waals surface area (Å²) < 4.78 is 1.54. The van der Waals surface area contributed by atoms with Crippen LogP contribution in [0.3, 0.4) is 0 Å². The fourth-order valence-electron chi connectivity index (χ4n) is 2.02. The highest BCUT2D eigenvalue weighted by molar-refractivity contribution is 5.95. The molecule has 0 saturated carbocycles. The Labute approximate surface area is 121 Å². The smallest absolute Gasteiger partial charge is 0.326 e. The molecule has 0 aliphatic carbocycles. The van der Waals surface area contributed by atoms with Crippen molar-refractivity contribution in [3.05, 3.63) is 35.7 Å². The van der Waals surface area contributed by atoms with Crippen molar-refractivity contribution in [2.24, 2.45) is 0 Å². The lowest BCUT2D eigenvalue weighted by Crippen LogP contribution is -2.43. The van der Waals surface area contributed by atoms with E-state index in [0.717, 1.165) is 0 Å². The molecule has 0 radical (unpaired) electrons. The van der Waals surface area contributed by atoms with E-state index in [4.69, 9.17) is 0 Å². The summed E-state index contributed by atoms with van der Waals surface area (Å²) in [5, 5.41) is 15.9. The summed E-state index contributed by atoms with van der Waals surface area (Å²) in [4.78, 5) is 30.1. The van der Waals surface area contributed by atoms with Crippen LogP contribution in [0, 0.1) is 6.92 Å². The Hall–Kier alpha value is -2.64. The molecular formula is C13H17N5O3. The number of nitrogens with one attached hydrogen (secondary N) is 2. The summed E-state index contributed by atoms with van der Waals surface area (Å²) in [5.41, 5.74) is 1.70. The Morgan fingerprint density at radius 3 is 2.86 bits per heavy atom. The Morgan fingerprint density at radius 1 is 1.52 bits per heavy atom. The summed E-state index contributed by atoms with van der Waals surface area (Å²) in [6.45, 7) is 4.18. The van der Waals surface area contributed by atoms with Gasteiger partial charge in [-0.3, -0.25) is 9.48 Å². The Balaban J connectivity index is 2.12. The van der Waals surface area contributed by atoms with Gasteiger partial charge in [0.1, 0.15) is 11.7 Å². The molecule has 1 amide bonds. The normalized spacial score (nSPS) is 12.1. The molecule has 0 spiro atoms. The first-order chi connectivity index (χ1) is 10.0. The number of imidazole rings is 1. The number of nitrogens with zero attached hydrogens (tertiary/aromatic N) is 3. The number of amides is 1. The molecule has 8 nitrogen and oxygen atoms in total. The number of hydrogen-bond donors (Lipinski definition) is 3. The summed E-state index contributed by atoms with van der Waals surface area (Å²) in [6, 6.07) is 0.604. The number of carboxylic acids is 1. The number of carbonyl (C=O) groups is 2. The van der Waals surface area contributed by atoms with Crippen molar-refractivity contribution >= 4 is 11.9 Å². The molecule has 8 heteroatoms. The van der Waals surface area contributed by atoms with E-state index in [1.54, 1.807) is 17.7 Å². The van der Waals surface area contributed by atoms with E-state index in [1.165, 1.54) is 12.5 Å². The lowest BCUT2D eigenvalue weighted by atomic mass is 10.1. The van der Waals surface area contributed by atoms with E-state index in [9.17, 15) is 14.7 Å². The molecule has 2 aromatic rings. The number of carboxylic acid groups (broad SMARTS) is 1. The fourth-order valence-corrected chi connectivity index (χ4v) is 2.02. The maximum absolute atomic E-state index is 12.2. The van der Waals surface area contributed by atoms with Gasteiger partial charge in [0.2, 0.25) is 0 Å². The van der Waals surface area contributed by atoms with Gasteiger partial charge >= 0.3 is 5.97 Å². The second kappa shape index (κ2) is 6.21. The van der Waals surface area contributed by atoms with Gasteiger partial charge in [-0.05, 0) is 19.9 Å². The molecule has 0 bridgehead atoms. The highest BCUT2D eigenvalue weighted by Gasteiger charge is 2.23. The van der Waals surface area contributed by atoms with Gasteiger partial charge < -0.3 is 15.4 Å². The number of aromatic amines is 1. The molecule has 0 aromatic carbocycles. The first-order valence-corrected chi connectivity index (χ1v) is 6.56. The Bertz CT molecular complexity index is 632. The predicted molar refractivity (Wildman–Crippen MR) is 73.8 cm³/mol. The van der Waals surface area contributed by atoms with Gasteiger partial charge in [0.15, 0.2) is 0 Å². The third kappa shape index (κ3) is 3.47. The van der Waals surface area contributed by atoms with Crippen LogP contribution in [0.1, 0.15) is 28.8 Å². The molecule has 0 fully saturated rings. The van der Waals surface area contributed by atoms with Crippen molar-refractivity contribution in [3.63, 3.8) is 0 Å². The Kier molecular flexibility index (Phi) is 4.36. The van der Waals surface area contributed by atoms with Crippen LogP contribution < -0.4 is 5.32 Å². The van der Waals surface area contributed by atoms with Crippen LogP contribution >= 0.6 is 0 Å². The molecule has 2 heterocycles. The van der Waals surface area contributed by atoms with Crippen molar-refractivity contribution in [2.45, 2.75) is 32.9 Å². The summed E-state index contributed by atoms with van der Waals surface area (Å²) >= 11 is 0. The van der Waals surface area contributed by atoms with Crippen molar-refractivity contribution in [2.75, 3.05) is 0 Å². The zero-order chi connectivity index (χ0) is 15.4. The number of carbonyl (C=O) groups excluding carboxylic acids is 1. The van der Waals surface area contributed by atoms with Gasteiger partial charge in [0, 0.05) is 24.9 Å². The molecule has 112 valence electrons. The molecule has 2 aromatic heterocycles. The van der Waals surface area contributed by atoms with E-state index in [2.05, 4.69) is 20.4 Å². The van der Waals surface area contributed by atoms with Crippen LogP contribution in [-0.2, 0) is 17.8 Å². The van der Waals surface area contributed by atoms with Crippen LogP contribution in [0.25, 0.3) is 0 Å². The highest BCUT2D eigenvalue weighted by atomic mass is 16.4. The number of H-pyrrole nitrogens is 1. The third-order valence-electron chi connectivity index (χ3n) is 3.02. The maximum atomic E-state index is 12.2. The van der Waals surface area contributed by atoms with E-state index in [-0.39, 0.29) is 6.42 Å². The van der Waals surface area contributed by atoms with Gasteiger partial charge in [0.25, 0.3) is 5.91 Å². The number of aryl methyl sites for hydroxylation is 2. The topological polar surface area (TPSA) is 113 Å². The SMILES string of the molecule is CCn1nc(C)cc1C(=O)N[C@H](Cc1cnc[nH]1)C(=O)O. The molecule has 0 aliphatic heterocycles. The lowest BCUT2D eigenvalue weighted by molar-refractivity contribution is -0.139. The van der Waals surface area contributed by atoms with E-state index < -0.39 is 17.9 Å². The Morgan fingerprint density at radius 2 is 2.29 bits per heavy atom. The van der Waals surface area contributed by atoms with Gasteiger partial charge in [-0.15, -0.1) is 0 Å². The van der Waals surface area contributed by atoms with Gasteiger partial charge in [-0.25, -0.2) is 9.78 Å². The van der Waals surface area contributed by atoms with Crippen molar-refractivity contribution < 1.29 is 14.7 Å². The molecular weight excluding hydrogens is 274 g/mol. The molecule has 2 rings (SSSR count). The fraction of sp³-hybridized carbons (Fsp3) is 0.385. The van der Waals surface area contributed by atoms with Gasteiger partial charge in [-0.2, -0.15) is 5.10 Å². The summed E-state index contributed by atoms with van der Waals surface area (Å²) in [7, 11) is 0. The second-order valence-corrected chi connectivity index (χ2v) is 4.63. The first-order valence-electron chi connectivity index (χ1n) is 6.56. The molecule has 0 unspecified atom stereocenters. The maximum Gasteiger partial charge on any atom is 0.326 e. The van der Waals surface area contributed by atoms with Crippen LogP contribution in [0.5, 0.6) is 0 Å². The van der Waals surface area contributed by atoms with E-state index in [1.807, 2.05) is 6.92 Å². The largest absolute Gasteiger partial charge is 0.480 e. The van der Waals surface area contributed by atoms with Crippen molar-refractivity contribution in [1.82, 2.24) is 25.1 Å². The van der Waals surface area contributed by atoms with Crippen LogP contribution in [0.4, 0.5) is 0 Å². The lowest BCUT2D eigenvalue weighted by Gasteiger charge is -2.14. The molecule has 0 aliphatic rings. The monoisotopic (exact) mass is 291 g/mol. The van der Waals surface area contributed by atoms with Crippen LogP contribution in [0.15, 0.2) is 18.6 Å². The minimum atomic E-state index is -1.10. The number of rotatable bonds is 6. The van der Waals surface area contributed by atoms with E-state index in [0.29, 0.717) is 23.6 Å². The number of aromatic nitrogens is 4. The average molecular weight is 291 g/mol. The molecule has 1 atom stereocenters. The zero-order valence-electron chi connectivity index (χ0n) is 11.8. The minimum absolute atomic E-state index is 0.139. The number of aliphatic carboxylic acids is 1. The second-order valence-electron chi connectivity index (χ2n) is 4.63. The van der Waals surface area contributed by atoms with Gasteiger partial charge in [-0.1, -0.05) is 0 Å². The van der Waals surface area contributed by atoms with E-state index >= 15 is 0 Å². The van der Waals surface area contributed by atoms with Crippen molar-refractivity contribution in [1.29, 1.82) is 0 Å². The molecule has 0 saturated heterocycles. The van der Waals surface area contributed by atoms with Gasteiger partial charge in [0.05, 0.1) is 12.0 Å². The number of hydrogen-bond acceptors (Lipinski definition) is 4. The molecule has 3 N–H and O–H groups in total. The predicted octanol–water partition coefficient (Wildman–Crippen LogP) is 0.360. The van der Waals surface area contributed by atoms with Crippen LogP contribution in [0.2, 0.25) is 0 Å². The standard InChI is InChI=1S/C13H17N5O3/c1-3-18-11(4-8(2)17-18)12(19)16-10(13(20)21)5-9-6-14-7-15-9/h4,6-7,10H,3,5H2,1-2H3,(H,14,15)(H,16,19)(H,20,21)/t10-/m1/s1. The molecule has 21 heavy (non-hydrogen) atoms. The average Bonchev–Trinajstić information content (AvgIpc) is 3.06. The quantitative estimate of drug-likeness (QED) is 0.711. The van der Waals surface area contributed by atoms with Crippen molar-refractivity contribution in [3.8, 4) is 0 Å². The summed E-state index contributed by atoms with van der Waals surface area (Å²) in [5.74, 6) is -1.55.